The van der Waals surface area contributed by atoms with Crippen molar-refractivity contribution in [2.75, 3.05) is 26.7 Å². The number of nitrogens with zero attached hydrogens (tertiary/aromatic N) is 1. The summed E-state index contributed by atoms with van der Waals surface area (Å²) in [4.78, 5) is 15.5. The second kappa shape index (κ2) is 8.52. The molecule has 2 aromatic carbocycles. The Morgan fingerprint density at radius 3 is 2.50 bits per heavy atom. The van der Waals surface area contributed by atoms with E-state index in [1.54, 1.807) is 7.11 Å². The monoisotopic (exact) mass is 406 g/mol. The van der Waals surface area contributed by atoms with Crippen molar-refractivity contribution in [1.82, 2.24) is 10.2 Å². The van der Waals surface area contributed by atoms with Crippen LogP contribution in [-0.4, -0.2) is 37.6 Å². The molecule has 1 atom stereocenters. The Kier molecular flexibility index (Phi) is 5.82. The number of hydrogen-bond donors (Lipinski definition) is 1. The van der Waals surface area contributed by atoms with Gasteiger partial charge in [-0.25, -0.2) is 0 Å². The Morgan fingerprint density at radius 1 is 1.13 bits per heavy atom. The molecule has 0 radical (unpaired) electrons. The van der Waals surface area contributed by atoms with Crippen molar-refractivity contribution in [2.24, 2.45) is 0 Å². The molecule has 0 spiro atoms. The van der Waals surface area contributed by atoms with Crippen LogP contribution in [0.4, 0.5) is 0 Å². The molecule has 0 bridgehead atoms. The van der Waals surface area contributed by atoms with Crippen molar-refractivity contribution in [3.63, 3.8) is 0 Å². The Labute approximate surface area is 178 Å². The molecular formula is C25H30N2O3. The molecule has 1 aliphatic heterocycles. The number of rotatable bonds is 6. The van der Waals surface area contributed by atoms with Gasteiger partial charge in [0.15, 0.2) is 5.76 Å². The van der Waals surface area contributed by atoms with Crippen LogP contribution in [0.1, 0.15) is 51.7 Å². The number of nitrogens with one attached hydrogen (secondary N) is 1. The minimum absolute atomic E-state index is 0.135. The third kappa shape index (κ3) is 3.94. The second-order valence-electron chi connectivity index (χ2n) is 8.25. The number of carbonyl (C=O) groups excluding carboxylic acids is 1. The third-order valence-electron chi connectivity index (χ3n) is 6.12. The van der Waals surface area contributed by atoms with Crippen LogP contribution in [0.5, 0.6) is 5.75 Å². The Morgan fingerprint density at radius 2 is 1.83 bits per heavy atom. The van der Waals surface area contributed by atoms with E-state index < -0.39 is 0 Å². The predicted molar refractivity (Wildman–Crippen MR) is 119 cm³/mol. The van der Waals surface area contributed by atoms with Gasteiger partial charge in [0.1, 0.15) is 11.3 Å². The fraction of sp³-hybridized carbons (Fsp3) is 0.400. The van der Waals surface area contributed by atoms with Crippen molar-refractivity contribution < 1.29 is 13.9 Å². The van der Waals surface area contributed by atoms with Gasteiger partial charge in [0.05, 0.1) is 13.2 Å². The van der Waals surface area contributed by atoms with Crippen LogP contribution >= 0.6 is 0 Å². The largest absolute Gasteiger partial charge is 0.497 e. The maximum Gasteiger partial charge on any atom is 0.287 e. The van der Waals surface area contributed by atoms with Crippen LogP contribution in [0.15, 0.2) is 40.8 Å². The number of ether oxygens (including phenoxy) is 1. The van der Waals surface area contributed by atoms with Gasteiger partial charge in [0.25, 0.3) is 5.91 Å². The van der Waals surface area contributed by atoms with E-state index in [4.69, 9.17) is 9.15 Å². The predicted octanol–water partition coefficient (Wildman–Crippen LogP) is 4.93. The first kappa shape index (κ1) is 20.5. The van der Waals surface area contributed by atoms with E-state index in [9.17, 15) is 4.79 Å². The normalized spacial score (nSPS) is 15.5. The van der Waals surface area contributed by atoms with Crippen molar-refractivity contribution in [3.05, 3.63) is 64.4 Å². The number of methoxy groups -OCH3 is 1. The summed E-state index contributed by atoms with van der Waals surface area (Å²) >= 11 is 0. The summed E-state index contributed by atoms with van der Waals surface area (Å²) < 4.78 is 11.3. The van der Waals surface area contributed by atoms with Crippen LogP contribution < -0.4 is 10.1 Å². The number of amides is 1. The molecule has 5 nitrogen and oxygen atoms in total. The molecule has 3 aromatic rings. The first-order valence-corrected chi connectivity index (χ1v) is 10.6. The molecule has 158 valence electrons. The Balaban J connectivity index is 1.56. The third-order valence-corrected chi connectivity index (χ3v) is 6.12. The molecule has 0 aliphatic carbocycles. The average molecular weight is 407 g/mol. The maximum absolute atomic E-state index is 13.0. The van der Waals surface area contributed by atoms with E-state index in [1.807, 2.05) is 32.0 Å². The number of carbonyl (C=O) groups is 1. The molecule has 1 aromatic heterocycles. The number of fused-ring (bicyclic) bond motifs is 1. The quantitative estimate of drug-likeness (QED) is 0.630. The topological polar surface area (TPSA) is 54.7 Å². The zero-order chi connectivity index (χ0) is 21.3. The average Bonchev–Trinajstić information content (AvgIpc) is 3.37. The summed E-state index contributed by atoms with van der Waals surface area (Å²) in [6.45, 7) is 8.71. The van der Waals surface area contributed by atoms with Gasteiger partial charge >= 0.3 is 0 Å². The number of benzene rings is 2. The van der Waals surface area contributed by atoms with E-state index in [0.29, 0.717) is 12.3 Å². The summed E-state index contributed by atoms with van der Waals surface area (Å²) in [6, 6.07) is 12.4. The van der Waals surface area contributed by atoms with Crippen LogP contribution in [0.25, 0.3) is 11.0 Å². The fourth-order valence-corrected chi connectivity index (χ4v) is 4.61. The first-order chi connectivity index (χ1) is 14.5. The second-order valence-corrected chi connectivity index (χ2v) is 8.25. The Hall–Kier alpha value is -2.79. The van der Waals surface area contributed by atoms with Crippen LogP contribution in [0, 0.1) is 20.8 Å². The van der Waals surface area contributed by atoms with Crippen molar-refractivity contribution >= 4 is 16.9 Å². The highest BCUT2D eigenvalue weighted by Crippen LogP contribution is 2.30. The molecule has 0 saturated carbocycles. The van der Waals surface area contributed by atoms with E-state index >= 15 is 0 Å². The van der Waals surface area contributed by atoms with E-state index in [-0.39, 0.29) is 11.9 Å². The highest BCUT2D eigenvalue weighted by atomic mass is 16.5. The van der Waals surface area contributed by atoms with Crippen molar-refractivity contribution in [1.29, 1.82) is 0 Å². The van der Waals surface area contributed by atoms with Crippen LogP contribution in [0.3, 0.4) is 0 Å². The minimum atomic E-state index is -0.154. The van der Waals surface area contributed by atoms with E-state index in [1.165, 1.54) is 18.4 Å². The first-order valence-electron chi connectivity index (χ1n) is 10.6. The zero-order valence-electron chi connectivity index (χ0n) is 18.2. The highest BCUT2D eigenvalue weighted by Gasteiger charge is 2.26. The summed E-state index contributed by atoms with van der Waals surface area (Å²) in [5, 5.41) is 4.17. The number of hydrogen-bond acceptors (Lipinski definition) is 4. The summed E-state index contributed by atoms with van der Waals surface area (Å²) in [5.41, 5.74) is 5.14. The zero-order valence-corrected chi connectivity index (χ0v) is 18.2. The van der Waals surface area contributed by atoms with Crippen LogP contribution in [0.2, 0.25) is 0 Å². The smallest absolute Gasteiger partial charge is 0.287 e. The molecule has 30 heavy (non-hydrogen) atoms. The van der Waals surface area contributed by atoms with E-state index in [0.717, 1.165) is 46.5 Å². The van der Waals surface area contributed by atoms with Gasteiger partial charge in [-0.3, -0.25) is 9.69 Å². The molecule has 5 heteroatoms. The highest BCUT2D eigenvalue weighted by molar-refractivity contribution is 6.00. The van der Waals surface area contributed by atoms with Gasteiger partial charge in [-0.15, -0.1) is 0 Å². The molecular weight excluding hydrogens is 376 g/mol. The molecule has 1 saturated heterocycles. The van der Waals surface area contributed by atoms with Crippen molar-refractivity contribution in [2.45, 2.75) is 39.7 Å². The van der Waals surface area contributed by atoms with Gasteiger partial charge < -0.3 is 14.5 Å². The lowest BCUT2D eigenvalue weighted by molar-refractivity contribution is 0.0911. The standard InChI is InChI=1S/C25H30N2O3/c1-16-13-17(2)23-18(3)24(30-22(23)14-16)25(28)26-15-21(27-11-5-6-12-27)19-7-9-20(29-4)10-8-19/h7-10,13-14,21H,5-6,11-12,15H2,1-4H3,(H,26,28). The maximum atomic E-state index is 13.0. The van der Waals surface area contributed by atoms with Gasteiger partial charge in [-0.1, -0.05) is 18.2 Å². The lowest BCUT2D eigenvalue weighted by Gasteiger charge is -2.28. The Bertz CT molecular complexity index is 1050. The molecule has 1 fully saturated rings. The number of furan rings is 1. The fourth-order valence-electron chi connectivity index (χ4n) is 4.61. The number of aryl methyl sites for hydroxylation is 3. The van der Waals surface area contributed by atoms with Gasteiger partial charge in [0, 0.05) is 17.5 Å². The van der Waals surface area contributed by atoms with Gasteiger partial charge in [-0.2, -0.15) is 0 Å². The molecule has 1 unspecified atom stereocenters. The lowest BCUT2D eigenvalue weighted by Crippen LogP contribution is -2.36. The minimum Gasteiger partial charge on any atom is -0.497 e. The molecule has 2 heterocycles. The molecule has 1 aliphatic rings. The van der Waals surface area contributed by atoms with E-state index in [2.05, 4.69) is 35.3 Å². The lowest BCUT2D eigenvalue weighted by atomic mass is 10.0. The summed E-state index contributed by atoms with van der Waals surface area (Å²) in [6.07, 6.45) is 2.39. The van der Waals surface area contributed by atoms with Gasteiger partial charge in [0.2, 0.25) is 0 Å². The SMILES string of the molecule is COc1ccc(C(CNC(=O)c2oc3cc(C)cc(C)c3c2C)N2CCCC2)cc1. The number of likely N-dealkylation sites (tertiary alicyclic amines) is 1. The summed E-state index contributed by atoms with van der Waals surface area (Å²) in [7, 11) is 1.67. The van der Waals surface area contributed by atoms with Crippen molar-refractivity contribution in [3.8, 4) is 5.75 Å². The molecule has 1 amide bonds. The van der Waals surface area contributed by atoms with Crippen LogP contribution in [-0.2, 0) is 0 Å². The summed E-state index contributed by atoms with van der Waals surface area (Å²) in [5.74, 6) is 1.10. The molecule has 1 N–H and O–H groups in total. The van der Waals surface area contributed by atoms with Gasteiger partial charge in [-0.05, 0) is 81.6 Å². The molecule has 4 rings (SSSR count).